The largest absolute Gasteiger partial charge is 0.493 e. The Balaban J connectivity index is 2.09. The lowest BCUT2D eigenvalue weighted by Gasteiger charge is -2.09. The van der Waals surface area contributed by atoms with Crippen LogP contribution in [0.5, 0.6) is 11.5 Å². The van der Waals surface area contributed by atoms with Crippen molar-refractivity contribution in [3.63, 3.8) is 0 Å². The zero-order valence-corrected chi connectivity index (χ0v) is 14.5. The van der Waals surface area contributed by atoms with E-state index in [1.54, 1.807) is 0 Å². The molecule has 0 aliphatic heterocycles. The van der Waals surface area contributed by atoms with E-state index in [1.165, 1.54) is 0 Å². The molecule has 1 aromatic carbocycles. The highest BCUT2D eigenvalue weighted by molar-refractivity contribution is 9.09. The summed E-state index contributed by atoms with van der Waals surface area (Å²) in [5, 5.41) is 1.66. The Morgan fingerprint density at radius 3 is 1.90 bits per heavy atom. The first-order chi connectivity index (χ1) is 9.86. The van der Waals surface area contributed by atoms with Crippen LogP contribution in [0.2, 0.25) is 0 Å². The molecular weight excluding hydrogens is 392 g/mol. The van der Waals surface area contributed by atoms with Crippen LogP contribution in [-0.2, 0) is 9.47 Å². The minimum absolute atomic E-state index is 0.514. The van der Waals surface area contributed by atoms with E-state index >= 15 is 0 Å². The van der Waals surface area contributed by atoms with Crippen molar-refractivity contribution >= 4 is 31.9 Å². The molecule has 0 unspecified atom stereocenters. The minimum Gasteiger partial charge on any atom is -0.493 e. The summed E-state index contributed by atoms with van der Waals surface area (Å²) in [6, 6.07) is 7.60. The summed E-state index contributed by atoms with van der Waals surface area (Å²) in [4.78, 5) is 0. The second kappa shape index (κ2) is 12.4. The summed E-state index contributed by atoms with van der Waals surface area (Å²) in [5.41, 5.74) is 0. The molecule has 1 aromatic rings. The Labute approximate surface area is 137 Å². The van der Waals surface area contributed by atoms with Gasteiger partial charge in [0.15, 0.2) is 0 Å². The Kier molecular flexibility index (Phi) is 11.0. The highest BCUT2D eigenvalue weighted by Crippen LogP contribution is 2.19. The molecule has 0 N–H and O–H groups in total. The molecule has 0 bridgehead atoms. The Bertz CT molecular complexity index is 350. The van der Waals surface area contributed by atoms with Crippen molar-refractivity contribution in [1.29, 1.82) is 0 Å². The average Bonchev–Trinajstić information content (AvgIpc) is 2.48. The second-order valence-corrected chi connectivity index (χ2v) is 5.36. The molecule has 0 amide bonds. The van der Waals surface area contributed by atoms with Crippen LogP contribution in [-0.4, -0.2) is 50.3 Å². The molecule has 20 heavy (non-hydrogen) atoms. The fourth-order valence-electron chi connectivity index (χ4n) is 1.41. The number of ether oxygens (including phenoxy) is 4. The van der Waals surface area contributed by atoms with E-state index in [0.29, 0.717) is 39.6 Å². The van der Waals surface area contributed by atoms with Crippen molar-refractivity contribution < 1.29 is 18.9 Å². The van der Waals surface area contributed by atoms with E-state index in [1.807, 2.05) is 24.3 Å². The zero-order chi connectivity index (χ0) is 14.5. The predicted octanol–water partition coefficient (Wildman–Crippen LogP) is 3.27. The maximum Gasteiger partial charge on any atom is 0.123 e. The number of benzene rings is 1. The monoisotopic (exact) mass is 410 g/mol. The van der Waals surface area contributed by atoms with Gasteiger partial charge in [-0.3, -0.25) is 0 Å². The minimum atomic E-state index is 0.514. The van der Waals surface area contributed by atoms with Gasteiger partial charge in [-0.25, -0.2) is 0 Å². The van der Waals surface area contributed by atoms with Crippen molar-refractivity contribution in [1.82, 2.24) is 0 Å². The van der Waals surface area contributed by atoms with Crippen LogP contribution in [0.3, 0.4) is 0 Å². The topological polar surface area (TPSA) is 36.9 Å². The summed E-state index contributed by atoms with van der Waals surface area (Å²) >= 11 is 6.61. The Morgan fingerprint density at radius 2 is 1.25 bits per heavy atom. The Morgan fingerprint density at radius 1 is 0.700 bits per heavy atom. The molecule has 0 heterocycles. The number of halogens is 2. The van der Waals surface area contributed by atoms with Gasteiger partial charge in [0.1, 0.15) is 18.1 Å². The summed E-state index contributed by atoms with van der Waals surface area (Å²) < 4.78 is 21.8. The lowest BCUT2D eigenvalue weighted by Crippen LogP contribution is -2.11. The lowest BCUT2D eigenvalue weighted by atomic mass is 10.3. The summed E-state index contributed by atoms with van der Waals surface area (Å²) in [6.07, 6.45) is 0. The smallest absolute Gasteiger partial charge is 0.123 e. The van der Waals surface area contributed by atoms with Crippen molar-refractivity contribution in [3.05, 3.63) is 24.3 Å². The summed E-state index contributed by atoms with van der Waals surface area (Å²) in [6.45, 7) is 3.61. The first kappa shape index (κ1) is 17.8. The van der Waals surface area contributed by atoms with Gasteiger partial charge >= 0.3 is 0 Å². The van der Waals surface area contributed by atoms with Gasteiger partial charge in [0.25, 0.3) is 0 Å². The van der Waals surface area contributed by atoms with E-state index in [2.05, 4.69) is 31.9 Å². The molecular formula is C14H20Br2O4. The molecule has 6 heteroatoms. The molecule has 0 saturated carbocycles. The average molecular weight is 412 g/mol. The van der Waals surface area contributed by atoms with Crippen LogP contribution >= 0.6 is 31.9 Å². The number of alkyl halides is 2. The van der Waals surface area contributed by atoms with Gasteiger partial charge < -0.3 is 18.9 Å². The van der Waals surface area contributed by atoms with E-state index in [9.17, 15) is 0 Å². The lowest BCUT2D eigenvalue weighted by molar-refractivity contribution is 0.0414. The Hall–Kier alpha value is -0.300. The maximum atomic E-state index is 5.59. The van der Waals surface area contributed by atoms with Gasteiger partial charge in [-0.2, -0.15) is 0 Å². The van der Waals surface area contributed by atoms with E-state index in [0.717, 1.165) is 22.2 Å². The first-order valence-corrected chi connectivity index (χ1v) is 8.74. The number of rotatable bonds is 12. The second-order valence-electron chi connectivity index (χ2n) is 3.77. The number of hydrogen-bond donors (Lipinski definition) is 0. The van der Waals surface area contributed by atoms with Crippen LogP contribution in [0.4, 0.5) is 0 Å². The quantitative estimate of drug-likeness (QED) is 0.390. The van der Waals surface area contributed by atoms with Crippen LogP contribution in [0.25, 0.3) is 0 Å². The maximum absolute atomic E-state index is 5.59. The summed E-state index contributed by atoms with van der Waals surface area (Å²) in [7, 11) is 0. The molecule has 0 aliphatic carbocycles. The van der Waals surface area contributed by atoms with Crippen LogP contribution < -0.4 is 9.47 Å². The molecule has 0 atom stereocenters. The zero-order valence-electron chi connectivity index (χ0n) is 11.4. The molecule has 4 nitrogen and oxygen atoms in total. The third-order valence-electron chi connectivity index (χ3n) is 2.24. The van der Waals surface area contributed by atoms with E-state index < -0.39 is 0 Å². The molecule has 1 rings (SSSR count). The van der Waals surface area contributed by atoms with Crippen LogP contribution in [0.15, 0.2) is 24.3 Å². The molecule has 0 aromatic heterocycles. The summed E-state index contributed by atoms with van der Waals surface area (Å²) in [5.74, 6) is 1.60. The van der Waals surface area contributed by atoms with Gasteiger partial charge in [0.05, 0.1) is 33.0 Å². The van der Waals surface area contributed by atoms with Crippen LogP contribution in [0.1, 0.15) is 0 Å². The van der Waals surface area contributed by atoms with Gasteiger partial charge in [-0.15, -0.1) is 0 Å². The fourth-order valence-corrected chi connectivity index (χ4v) is 1.80. The van der Waals surface area contributed by atoms with Gasteiger partial charge in [-0.1, -0.05) is 37.9 Å². The molecule has 0 aliphatic rings. The van der Waals surface area contributed by atoms with E-state index in [-0.39, 0.29) is 0 Å². The molecule has 0 saturated heterocycles. The molecule has 0 spiro atoms. The highest BCUT2D eigenvalue weighted by atomic mass is 79.9. The molecule has 114 valence electrons. The fraction of sp³-hybridized carbons (Fsp3) is 0.571. The number of hydrogen-bond acceptors (Lipinski definition) is 4. The van der Waals surface area contributed by atoms with Crippen molar-refractivity contribution in [2.75, 3.05) is 50.3 Å². The van der Waals surface area contributed by atoms with Gasteiger partial charge in [0, 0.05) is 16.7 Å². The first-order valence-electron chi connectivity index (χ1n) is 6.50. The SMILES string of the molecule is BrCCOCCOCCOc1cccc(OCCBr)c1. The standard InChI is InChI=1S/C14H20Br2O4/c15-4-6-17-8-9-18-10-11-20-14-3-1-2-13(12-14)19-7-5-16/h1-3,12H,4-11H2. The van der Waals surface area contributed by atoms with E-state index in [4.69, 9.17) is 18.9 Å². The van der Waals surface area contributed by atoms with Crippen molar-refractivity contribution in [3.8, 4) is 11.5 Å². The van der Waals surface area contributed by atoms with Gasteiger partial charge in [0.2, 0.25) is 0 Å². The van der Waals surface area contributed by atoms with Crippen LogP contribution in [0, 0.1) is 0 Å². The molecule has 0 radical (unpaired) electrons. The predicted molar refractivity (Wildman–Crippen MR) is 86.7 cm³/mol. The van der Waals surface area contributed by atoms with Crippen molar-refractivity contribution in [2.45, 2.75) is 0 Å². The highest BCUT2D eigenvalue weighted by Gasteiger charge is 1.98. The third-order valence-corrected chi connectivity index (χ3v) is 2.89. The molecule has 0 fully saturated rings. The normalized spacial score (nSPS) is 10.5. The third kappa shape index (κ3) is 8.79. The van der Waals surface area contributed by atoms with Gasteiger partial charge in [-0.05, 0) is 12.1 Å². The van der Waals surface area contributed by atoms with Crippen molar-refractivity contribution in [2.24, 2.45) is 0 Å².